The monoisotopic (exact) mass is 231 g/mol. The van der Waals surface area contributed by atoms with Crippen molar-refractivity contribution in [1.82, 2.24) is 14.3 Å². The van der Waals surface area contributed by atoms with E-state index < -0.39 is 15.3 Å². The summed E-state index contributed by atoms with van der Waals surface area (Å²) in [7, 11) is -1.90. The Morgan fingerprint density at radius 3 is 2.47 bits per heavy atom. The van der Waals surface area contributed by atoms with Crippen LogP contribution in [0.5, 0.6) is 0 Å². The van der Waals surface area contributed by atoms with Crippen molar-refractivity contribution in [3.8, 4) is 0 Å². The molecule has 86 valence electrons. The van der Waals surface area contributed by atoms with Gasteiger partial charge in [-0.05, 0) is 27.8 Å². The maximum absolute atomic E-state index is 11.6. The maximum Gasteiger partial charge on any atom is 0.221 e. The first-order chi connectivity index (χ1) is 6.90. The lowest BCUT2D eigenvalue weighted by atomic mass is 10.3. The van der Waals surface area contributed by atoms with Crippen LogP contribution in [0.2, 0.25) is 0 Å². The van der Waals surface area contributed by atoms with E-state index in [0.717, 1.165) is 0 Å². The Morgan fingerprint density at radius 2 is 2.00 bits per heavy atom. The van der Waals surface area contributed by atoms with Gasteiger partial charge in [0.15, 0.2) is 0 Å². The Morgan fingerprint density at radius 1 is 1.40 bits per heavy atom. The molecule has 1 heterocycles. The van der Waals surface area contributed by atoms with Crippen molar-refractivity contribution >= 4 is 10.0 Å². The van der Waals surface area contributed by atoms with E-state index in [-0.39, 0.29) is 6.04 Å². The molecule has 0 bridgehead atoms. The van der Waals surface area contributed by atoms with E-state index in [0.29, 0.717) is 5.82 Å². The van der Waals surface area contributed by atoms with Gasteiger partial charge in [-0.1, -0.05) is 0 Å². The molecule has 0 fully saturated rings. The third-order valence-electron chi connectivity index (χ3n) is 2.37. The summed E-state index contributed by atoms with van der Waals surface area (Å²) >= 11 is 0. The van der Waals surface area contributed by atoms with Crippen LogP contribution in [0.4, 0.5) is 0 Å². The predicted molar refractivity (Wildman–Crippen MR) is 59.0 cm³/mol. The van der Waals surface area contributed by atoms with Gasteiger partial charge in [0.1, 0.15) is 11.1 Å². The quantitative estimate of drug-likeness (QED) is 0.843. The first-order valence-corrected chi connectivity index (χ1v) is 6.40. The highest BCUT2D eigenvalue weighted by Crippen LogP contribution is 2.21. The number of hydrogen-bond acceptors (Lipinski definition) is 3. The molecular formula is C9H17N3O2S. The molecule has 1 N–H and O–H groups in total. The fraction of sp³-hybridized carbons (Fsp3) is 0.667. The second kappa shape index (κ2) is 4.32. The number of nitrogens with one attached hydrogen (secondary N) is 1. The lowest BCUT2D eigenvalue weighted by molar-refractivity contribution is 0.544. The Balaban J connectivity index is 3.12. The fourth-order valence-electron chi connectivity index (χ4n) is 1.39. The topological polar surface area (TPSA) is 64.0 Å². The third kappa shape index (κ3) is 2.38. The predicted octanol–water partition coefficient (Wildman–Crippen LogP) is 1.07. The van der Waals surface area contributed by atoms with E-state index >= 15 is 0 Å². The highest BCUT2D eigenvalue weighted by Gasteiger charge is 2.25. The van der Waals surface area contributed by atoms with Gasteiger partial charge in [-0.2, -0.15) is 0 Å². The fourth-order valence-corrected chi connectivity index (χ4v) is 2.21. The van der Waals surface area contributed by atoms with E-state index in [1.165, 1.54) is 7.05 Å². The molecule has 0 saturated carbocycles. The average Bonchev–Trinajstić information content (AvgIpc) is 2.64. The van der Waals surface area contributed by atoms with Gasteiger partial charge in [0.2, 0.25) is 10.0 Å². The number of sulfonamides is 1. The minimum absolute atomic E-state index is 0.206. The molecule has 0 spiro atoms. The summed E-state index contributed by atoms with van der Waals surface area (Å²) < 4.78 is 27.4. The molecule has 0 saturated heterocycles. The molecular weight excluding hydrogens is 214 g/mol. The van der Waals surface area contributed by atoms with Crippen molar-refractivity contribution < 1.29 is 8.42 Å². The molecule has 1 aromatic rings. The largest absolute Gasteiger partial charge is 0.331 e. The Hall–Kier alpha value is -0.880. The van der Waals surface area contributed by atoms with Crippen LogP contribution in [0, 0.1) is 0 Å². The van der Waals surface area contributed by atoms with Crippen LogP contribution in [0.15, 0.2) is 12.4 Å². The molecule has 0 amide bonds. The van der Waals surface area contributed by atoms with E-state index in [1.54, 1.807) is 19.3 Å². The summed E-state index contributed by atoms with van der Waals surface area (Å²) in [6.45, 7) is 5.61. The summed E-state index contributed by atoms with van der Waals surface area (Å²) in [4.78, 5) is 4.10. The van der Waals surface area contributed by atoms with Gasteiger partial charge in [-0.15, -0.1) is 0 Å². The summed E-state index contributed by atoms with van der Waals surface area (Å²) in [5.74, 6) is 0.569. The molecule has 0 radical (unpaired) electrons. The SMILES string of the molecule is CNS(=O)(=O)[C@@H](C)c1nccn1C(C)C. The van der Waals surface area contributed by atoms with Crippen molar-refractivity contribution in [3.63, 3.8) is 0 Å². The molecule has 0 unspecified atom stereocenters. The molecule has 0 aliphatic carbocycles. The van der Waals surface area contributed by atoms with E-state index in [9.17, 15) is 8.42 Å². The Bertz CT molecular complexity index is 422. The van der Waals surface area contributed by atoms with Crippen LogP contribution in [-0.2, 0) is 10.0 Å². The number of rotatable bonds is 4. The second-order valence-electron chi connectivity index (χ2n) is 3.68. The van der Waals surface area contributed by atoms with Gasteiger partial charge in [0.05, 0.1) is 0 Å². The van der Waals surface area contributed by atoms with Crippen LogP contribution in [0.25, 0.3) is 0 Å². The van der Waals surface area contributed by atoms with Gasteiger partial charge >= 0.3 is 0 Å². The van der Waals surface area contributed by atoms with Crippen LogP contribution in [0.3, 0.4) is 0 Å². The Labute approximate surface area is 90.6 Å². The lowest BCUT2D eigenvalue weighted by Crippen LogP contribution is -2.26. The van der Waals surface area contributed by atoms with Gasteiger partial charge in [0.25, 0.3) is 0 Å². The zero-order valence-electron chi connectivity index (χ0n) is 9.43. The summed E-state index contributed by atoms with van der Waals surface area (Å²) in [6, 6.07) is 0.206. The maximum atomic E-state index is 11.6. The number of aromatic nitrogens is 2. The molecule has 6 heteroatoms. The third-order valence-corrected chi connectivity index (χ3v) is 4.08. The minimum atomic E-state index is -3.31. The Kier molecular flexibility index (Phi) is 3.51. The first-order valence-electron chi connectivity index (χ1n) is 4.85. The van der Waals surface area contributed by atoms with Crippen molar-refractivity contribution in [2.24, 2.45) is 0 Å². The van der Waals surface area contributed by atoms with Gasteiger partial charge < -0.3 is 4.57 Å². The molecule has 15 heavy (non-hydrogen) atoms. The van der Waals surface area contributed by atoms with Gasteiger partial charge in [0, 0.05) is 18.4 Å². The van der Waals surface area contributed by atoms with E-state index in [1.807, 2.05) is 18.4 Å². The van der Waals surface area contributed by atoms with Gasteiger partial charge in [-0.25, -0.2) is 18.1 Å². The second-order valence-corrected chi connectivity index (χ2v) is 5.88. The summed E-state index contributed by atoms with van der Waals surface area (Å²) in [6.07, 6.45) is 3.42. The molecule has 0 aromatic carbocycles. The van der Waals surface area contributed by atoms with Crippen molar-refractivity contribution in [2.75, 3.05) is 7.05 Å². The molecule has 1 rings (SSSR count). The first kappa shape index (κ1) is 12.2. The van der Waals surface area contributed by atoms with Crippen LogP contribution < -0.4 is 4.72 Å². The van der Waals surface area contributed by atoms with E-state index in [4.69, 9.17) is 0 Å². The molecule has 1 atom stereocenters. The number of hydrogen-bond donors (Lipinski definition) is 1. The van der Waals surface area contributed by atoms with E-state index in [2.05, 4.69) is 9.71 Å². The molecule has 5 nitrogen and oxygen atoms in total. The van der Waals surface area contributed by atoms with Crippen LogP contribution in [-0.4, -0.2) is 25.0 Å². The highest BCUT2D eigenvalue weighted by molar-refractivity contribution is 7.89. The number of imidazole rings is 1. The smallest absolute Gasteiger partial charge is 0.221 e. The minimum Gasteiger partial charge on any atom is -0.331 e. The lowest BCUT2D eigenvalue weighted by Gasteiger charge is -2.16. The summed E-state index contributed by atoms with van der Waals surface area (Å²) in [5, 5.41) is -0.639. The zero-order chi connectivity index (χ0) is 11.6. The van der Waals surface area contributed by atoms with Gasteiger partial charge in [-0.3, -0.25) is 0 Å². The van der Waals surface area contributed by atoms with Crippen molar-refractivity contribution in [1.29, 1.82) is 0 Å². The highest BCUT2D eigenvalue weighted by atomic mass is 32.2. The average molecular weight is 231 g/mol. The normalized spacial score (nSPS) is 14.5. The zero-order valence-corrected chi connectivity index (χ0v) is 10.2. The van der Waals surface area contributed by atoms with Crippen LogP contribution >= 0.6 is 0 Å². The molecule has 0 aliphatic rings. The molecule has 0 aliphatic heterocycles. The molecule has 1 aromatic heterocycles. The van der Waals surface area contributed by atoms with Crippen molar-refractivity contribution in [2.45, 2.75) is 32.1 Å². The number of nitrogens with zero attached hydrogens (tertiary/aromatic N) is 2. The van der Waals surface area contributed by atoms with Crippen molar-refractivity contribution in [3.05, 3.63) is 18.2 Å². The standard InChI is InChI=1S/C9H17N3O2S/c1-7(2)12-6-5-11-9(12)8(3)15(13,14)10-4/h5-8,10H,1-4H3/t8-/m0/s1. The summed E-state index contributed by atoms with van der Waals surface area (Å²) in [5.41, 5.74) is 0. The van der Waals surface area contributed by atoms with Crippen LogP contribution in [0.1, 0.15) is 37.9 Å².